The molecule has 6 heterocycles. The molecule has 0 saturated carbocycles. The van der Waals surface area contributed by atoms with Crippen molar-refractivity contribution in [3.8, 4) is 0 Å². The van der Waals surface area contributed by atoms with Gasteiger partial charge in [-0.2, -0.15) is 0 Å². The fourth-order valence-corrected chi connectivity index (χ4v) is 8.47. The highest BCUT2D eigenvalue weighted by atomic mass is 16.6. The second-order valence-electron chi connectivity index (χ2n) is 9.66. The Morgan fingerprint density at radius 2 is 1.89 bits per heavy atom. The Morgan fingerprint density at radius 1 is 1.07 bits per heavy atom. The summed E-state index contributed by atoms with van der Waals surface area (Å²) in [6, 6.07) is 8.52. The van der Waals surface area contributed by atoms with Crippen LogP contribution in [-0.2, 0) is 19.7 Å². The number of hydrogen-bond donors (Lipinski definition) is 0. The minimum Gasteiger partial charge on any atom is -0.367 e. The van der Waals surface area contributed by atoms with Crippen LogP contribution in [0.2, 0.25) is 0 Å². The maximum absolute atomic E-state index is 13.8. The lowest BCUT2D eigenvalue weighted by molar-refractivity contribution is -0.191. The predicted octanol–water partition coefficient (Wildman–Crippen LogP) is 1.34. The molecule has 6 atom stereocenters. The fourth-order valence-electron chi connectivity index (χ4n) is 8.47. The van der Waals surface area contributed by atoms with Gasteiger partial charge >= 0.3 is 0 Å². The van der Waals surface area contributed by atoms with E-state index in [1.54, 1.807) is 0 Å². The molecule has 0 aromatic heterocycles. The number of ether oxygens (including phenoxy) is 1. The van der Waals surface area contributed by atoms with Gasteiger partial charge in [0, 0.05) is 51.1 Å². The van der Waals surface area contributed by atoms with Crippen molar-refractivity contribution in [1.29, 1.82) is 0 Å². The van der Waals surface area contributed by atoms with Gasteiger partial charge in [0.15, 0.2) is 11.3 Å². The van der Waals surface area contributed by atoms with Crippen LogP contribution in [-0.4, -0.2) is 66.2 Å². The quantitative estimate of drug-likeness (QED) is 0.683. The third-order valence-corrected chi connectivity index (χ3v) is 9.09. The van der Waals surface area contributed by atoms with E-state index >= 15 is 0 Å². The molecule has 5 fully saturated rings. The first-order chi connectivity index (χ1) is 13.5. The standard InChI is InChI=1S/C22H25N3O3/c1-23-11-9-13-14-7-8-17(26)25-12-10-20-15-5-3-4-6-16(15)24(2)18(20)21(13,19(23)27)28-22(14,20)25/h3-6,13-14,18H,7-12H2,1-2H3/t13-,14+,18-,20?,21-,22+/m1/s1. The van der Waals surface area contributed by atoms with Gasteiger partial charge in [0.05, 0.1) is 11.5 Å². The lowest BCUT2D eigenvalue weighted by atomic mass is 9.51. The van der Waals surface area contributed by atoms with Crippen molar-refractivity contribution in [2.75, 3.05) is 32.1 Å². The van der Waals surface area contributed by atoms with Gasteiger partial charge in [0.25, 0.3) is 5.91 Å². The minimum atomic E-state index is -0.839. The summed E-state index contributed by atoms with van der Waals surface area (Å²) in [5.74, 6) is 0.773. The normalized spacial score (nSPS) is 47.4. The van der Waals surface area contributed by atoms with Crippen LogP contribution in [0.1, 0.15) is 31.2 Å². The molecule has 2 bridgehead atoms. The summed E-state index contributed by atoms with van der Waals surface area (Å²) in [4.78, 5) is 33.1. The van der Waals surface area contributed by atoms with E-state index in [9.17, 15) is 9.59 Å². The highest BCUT2D eigenvalue weighted by molar-refractivity contribution is 5.93. The van der Waals surface area contributed by atoms with Gasteiger partial charge < -0.3 is 19.4 Å². The number of para-hydroxylation sites is 1. The molecule has 1 aromatic carbocycles. The minimum absolute atomic E-state index is 0.0372. The molecule has 6 aliphatic rings. The Morgan fingerprint density at radius 3 is 2.75 bits per heavy atom. The van der Waals surface area contributed by atoms with Crippen LogP contribution >= 0.6 is 0 Å². The Bertz CT molecular complexity index is 964. The fraction of sp³-hybridized carbons (Fsp3) is 0.636. The van der Waals surface area contributed by atoms with Crippen molar-refractivity contribution in [2.24, 2.45) is 11.8 Å². The predicted molar refractivity (Wildman–Crippen MR) is 102 cm³/mol. The maximum atomic E-state index is 13.8. The van der Waals surface area contributed by atoms with Gasteiger partial charge in [-0.05, 0) is 30.9 Å². The van der Waals surface area contributed by atoms with Crippen molar-refractivity contribution in [1.82, 2.24) is 9.80 Å². The third-order valence-electron chi connectivity index (χ3n) is 9.09. The molecule has 2 amide bonds. The number of anilines is 1. The molecule has 0 N–H and O–H groups in total. The van der Waals surface area contributed by atoms with Gasteiger partial charge in [0.1, 0.15) is 0 Å². The number of amides is 2. The van der Waals surface area contributed by atoms with E-state index in [1.165, 1.54) is 11.3 Å². The van der Waals surface area contributed by atoms with Crippen LogP contribution in [0.15, 0.2) is 24.3 Å². The Balaban J connectivity index is 1.59. The Hall–Kier alpha value is -2.08. The summed E-state index contributed by atoms with van der Waals surface area (Å²) in [5.41, 5.74) is 0.688. The summed E-state index contributed by atoms with van der Waals surface area (Å²) >= 11 is 0. The maximum Gasteiger partial charge on any atom is 0.257 e. The first kappa shape index (κ1) is 15.8. The van der Waals surface area contributed by atoms with E-state index in [0.717, 1.165) is 32.4 Å². The number of carbonyl (C=O) groups is 2. The van der Waals surface area contributed by atoms with Crippen LogP contribution in [0, 0.1) is 11.8 Å². The van der Waals surface area contributed by atoms with Crippen molar-refractivity contribution in [3.63, 3.8) is 0 Å². The number of rotatable bonds is 0. The van der Waals surface area contributed by atoms with E-state index in [0.29, 0.717) is 6.42 Å². The molecule has 0 aliphatic carbocycles. The summed E-state index contributed by atoms with van der Waals surface area (Å²) < 4.78 is 7.05. The number of benzene rings is 1. The topological polar surface area (TPSA) is 53.1 Å². The van der Waals surface area contributed by atoms with Crippen LogP contribution in [0.5, 0.6) is 0 Å². The molecule has 5 saturated heterocycles. The lowest BCUT2D eigenvalue weighted by Crippen LogP contribution is -2.72. The van der Waals surface area contributed by atoms with Crippen molar-refractivity contribution >= 4 is 17.5 Å². The molecular formula is C22H25N3O3. The molecule has 6 nitrogen and oxygen atoms in total. The second kappa shape index (κ2) is 4.40. The zero-order chi connectivity index (χ0) is 19.1. The monoisotopic (exact) mass is 379 g/mol. The average molecular weight is 379 g/mol. The van der Waals surface area contributed by atoms with Crippen molar-refractivity contribution in [2.45, 2.75) is 48.5 Å². The van der Waals surface area contributed by atoms with Crippen molar-refractivity contribution in [3.05, 3.63) is 29.8 Å². The van der Waals surface area contributed by atoms with E-state index in [1.807, 2.05) is 16.8 Å². The Kier molecular flexibility index (Phi) is 2.48. The van der Waals surface area contributed by atoms with Crippen LogP contribution in [0.3, 0.4) is 0 Å². The number of nitrogens with zero attached hydrogens (tertiary/aromatic N) is 3. The number of carbonyl (C=O) groups excluding carboxylic acids is 2. The molecule has 0 radical (unpaired) electrons. The third kappa shape index (κ3) is 1.21. The zero-order valence-corrected chi connectivity index (χ0v) is 16.4. The number of hydrogen-bond acceptors (Lipinski definition) is 4. The van der Waals surface area contributed by atoms with Gasteiger partial charge in [0.2, 0.25) is 5.91 Å². The Labute approximate surface area is 164 Å². The van der Waals surface area contributed by atoms with E-state index < -0.39 is 11.3 Å². The van der Waals surface area contributed by atoms with Crippen LogP contribution in [0.25, 0.3) is 0 Å². The highest BCUT2D eigenvalue weighted by Crippen LogP contribution is 2.77. The van der Waals surface area contributed by atoms with E-state index in [4.69, 9.17) is 4.74 Å². The molecule has 28 heavy (non-hydrogen) atoms. The smallest absolute Gasteiger partial charge is 0.257 e. The molecule has 6 heteroatoms. The summed E-state index contributed by atoms with van der Waals surface area (Å²) in [6.45, 7) is 1.52. The van der Waals surface area contributed by atoms with Crippen LogP contribution < -0.4 is 4.90 Å². The van der Waals surface area contributed by atoms with Crippen LogP contribution in [0.4, 0.5) is 5.69 Å². The largest absolute Gasteiger partial charge is 0.367 e. The van der Waals surface area contributed by atoms with E-state index in [-0.39, 0.29) is 35.1 Å². The number of likely N-dealkylation sites (tertiary alicyclic amines) is 1. The van der Waals surface area contributed by atoms with Gasteiger partial charge in [-0.15, -0.1) is 0 Å². The van der Waals surface area contributed by atoms with Gasteiger partial charge in [-0.3, -0.25) is 9.59 Å². The van der Waals surface area contributed by atoms with E-state index in [2.05, 4.69) is 36.2 Å². The number of piperidine rings is 2. The molecule has 146 valence electrons. The zero-order valence-electron chi connectivity index (χ0n) is 16.4. The molecule has 1 aromatic rings. The molecule has 3 spiro atoms. The first-order valence-corrected chi connectivity index (χ1v) is 10.6. The lowest BCUT2D eigenvalue weighted by Gasteiger charge is -2.55. The molecule has 7 rings (SSSR count). The summed E-state index contributed by atoms with van der Waals surface area (Å²) in [7, 11) is 4.02. The summed E-state index contributed by atoms with van der Waals surface area (Å²) in [6.07, 6.45) is 3.28. The SMILES string of the molecule is CN1CC[C@@H]2[C@@H]3CCC(=O)N4CCC56c7ccccc7N(C)[C@H]5[C@@]2(O[C@]346)C1=O. The molecule has 1 unspecified atom stereocenters. The van der Waals surface area contributed by atoms with Gasteiger partial charge in [-0.1, -0.05) is 18.2 Å². The molecule has 6 aliphatic heterocycles. The first-order valence-electron chi connectivity index (χ1n) is 10.6. The average Bonchev–Trinajstić information content (AvgIpc) is 3.34. The second-order valence-corrected chi connectivity index (χ2v) is 9.66. The van der Waals surface area contributed by atoms with Crippen molar-refractivity contribution < 1.29 is 14.3 Å². The highest BCUT2D eigenvalue weighted by Gasteiger charge is 2.91. The molecular weight excluding hydrogens is 354 g/mol. The van der Waals surface area contributed by atoms with Gasteiger partial charge in [-0.25, -0.2) is 0 Å². The summed E-state index contributed by atoms with van der Waals surface area (Å²) in [5, 5.41) is 0. The number of likely N-dealkylation sites (N-methyl/N-ethyl adjacent to an activating group) is 2. The number of fused-ring (bicyclic) bond motifs is 2.